The molecule has 0 aromatic heterocycles. The Morgan fingerprint density at radius 1 is 0.929 bits per heavy atom. The van der Waals surface area contributed by atoms with Crippen LogP contribution in [0.15, 0.2) is 0 Å². The van der Waals surface area contributed by atoms with Gasteiger partial charge in [-0.3, -0.25) is 4.79 Å². The van der Waals surface area contributed by atoms with Crippen molar-refractivity contribution in [2.75, 3.05) is 7.11 Å². The summed E-state index contributed by atoms with van der Waals surface area (Å²) in [6.45, 7) is 13.9. The van der Waals surface area contributed by atoms with Crippen LogP contribution in [-0.2, 0) is 13.6 Å². The maximum atomic E-state index is 10.3. The van der Waals surface area contributed by atoms with E-state index in [-0.39, 0.29) is 5.97 Å². The minimum Gasteiger partial charge on any atom is -0.520 e. The summed E-state index contributed by atoms with van der Waals surface area (Å²) in [5.74, 6) is -0.163. The molecule has 0 aromatic rings. The molecule has 0 aliphatic rings. The van der Waals surface area contributed by atoms with Gasteiger partial charge in [0.05, 0.1) is 0 Å². The highest BCUT2D eigenvalue weighted by atomic mass is 28.4. The molecule has 0 aromatic carbocycles. The summed E-state index contributed by atoms with van der Waals surface area (Å²) in [4.78, 5) is 10.3. The number of hydrogen-bond acceptors (Lipinski definition) is 3. The SMILES string of the molecule is CC(=O)O[Si](C)(C)C.CO[Si](C)(C)C. The lowest BCUT2D eigenvalue weighted by Gasteiger charge is -2.14. The second-order valence-corrected chi connectivity index (χ2v) is 14.1. The van der Waals surface area contributed by atoms with Crippen LogP contribution in [0.2, 0.25) is 39.3 Å². The lowest BCUT2D eigenvalue weighted by Crippen LogP contribution is -2.27. The van der Waals surface area contributed by atoms with Crippen LogP contribution in [0.1, 0.15) is 6.92 Å². The fraction of sp³-hybridized carbons (Fsp3) is 0.889. The van der Waals surface area contributed by atoms with Crippen LogP contribution in [-0.4, -0.2) is 29.7 Å². The zero-order chi connectivity index (χ0) is 12.0. The van der Waals surface area contributed by atoms with Crippen LogP contribution in [0.4, 0.5) is 0 Å². The highest BCUT2D eigenvalue weighted by molar-refractivity contribution is 6.71. The lowest BCUT2D eigenvalue weighted by molar-refractivity contribution is -0.132. The third-order valence-electron chi connectivity index (χ3n) is 1.06. The van der Waals surface area contributed by atoms with Crippen molar-refractivity contribution in [3.8, 4) is 0 Å². The molecule has 0 aliphatic carbocycles. The molecule has 0 saturated carbocycles. The second-order valence-electron chi connectivity index (χ2n) is 5.02. The van der Waals surface area contributed by atoms with Crippen molar-refractivity contribution in [3.05, 3.63) is 0 Å². The Labute approximate surface area is 90.1 Å². The summed E-state index contributed by atoms with van der Waals surface area (Å²) < 4.78 is 10.0. The van der Waals surface area contributed by atoms with Gasteiger partial charge in [0.25, 0.3) is 5.97 Å². The predicted octanol–water partition coefficient (Wildman–Crippen LogP) is 2.85. The van der Waals surface area contributed by atoms with E-state index in [4.69, 9.17) is 8.85 Å². The van der Waals surface area contributed by atoms with E-state index in [1.807, 2.05) is 19.6 Å². The molecule has 0 aliphatic heterocycles. The van der Waals surface area contributed by atoms with E-state index < -0.39 is 16.6 Å². The molecule has 0 heterocycles. The molecular weight excluding hydrogens is 212 g/mol. The average molecular weight is 236 g/mol. The van der Waals surface area contributed by atoms with E-state index in [0.717, 1.165) is 0 Å². The van der Waals surface area contributed by atoms with E-state index in [9.17, 15) is 4.79 Å². The van der Waals surface area contributed by atoms with Crippen LogP contribution in [0.3, 0.4) is 0 Å². The van der Waals surface area contributed by atoms with Gasteiger partial charge < -0.3 is 8.85 Å². The van der Waals surface area contributed by atoms with Gasteiger partial charge >= 0.3 is 0 Å². The topological polar surface area (TPSA) is 35.5 Å². The zero-order valence-electron chi connectivity index (χ0n) is 10.7. The highest BCUT2D eigenvalue weighted by Gasteiger charge is 2.16. The molecule has 0 radical (unpaired) electrons. The minimum absolute atomic E-state index is 0.163. The maximum Gasteiger partial charge on any atom is 0.289 e. The first-order valence-electron chi connectivity index (χ1n) is 4.72. The van der Waals surface area contributed by atoms with E-state index >= 15 is 0 Å². The van der Waals surface area contributed by atoms with Crippen LogP contribution in [0.5, 0.6) is 0 Å². The third-order valence-corrected chi connectivity index (χ3v) is 3.19. The van der Waals surface area contributed by atoms with E-state index in [1.54, 1.807) is 7.11 Å². The Balaban J connectivity index is 0. The Kier molecular flexibility index (Phi) is 7.41. The average Bonchev–Trinajstić information content (AvgIpc) is 1.81. The van der Waals surface area contributed by atoms with Gasteiger partial charge in [-0.25, -0.2) is 0 Å². The molecule has 14 heavy (non-hydrogen) atoms. The normalized spacial score (nSPS) is 11.4. The number of hydrogen-bond donors (Lipinski definition) is 0. The van der Waals surface area contributed by atoms with Gasteiger partial charge in [-0.1, -0.05) is 0 Å². The molecule has 0 unspecified atom stereocenters. The summed E-state index contributed by atoms with van der Waals surface area (Å²) in [6, 6.07) is 0. The monoisotopic (exact) mass is 236 g/mol. The number of rotatable bonds is 2. The molecule has 0 atom stereocenters. The number of carbonyl (C=O) groups is 1. The van der Waals surface area contributed by atoms with E-state index in [0.29, 0.717) is 0 Å². The molecule has 5 heteroatoms. The third kappa shape index (κ3) is 22.6. The van der Waals surface area contributed by atoms with Crippen molar-refractivity contribution in [1.29, 1.82) is 0 Å². The van der Waals surface area contributed by atoms with E-state index in [2.05, 4.69) is 19.6 Å². The molecule has 0 N–H and O–H groups in total. The molecular formula is C9H24O3Si2. The van der Waals surface area contributed by atoms with Gasteiger partial charge in [0.1, 0.15) is 0 Å². The molecule has 0 rings (SSSR count). The highest BCUT2D eigenvalue weighted by Crippen LogP contribution is 2.01. The van der Waals surface area contributed by atoms with Gasteiger partial charge in [-0.2, -0.15) is 0 Å². The lowest BCUT2D eigenvalue weighted by atomic mass is 10.9. The Bertz CT molecular complexity index is 168. The summed E-state index contributed by atoms with van der Waals surface area (Å²) in [7, 11) is -0.931. The molecule has 0 amide bonds. The molecule has 86 valence electrons. The summed E-state index contributed by atoms with van der Waals surface area (Å²) >= 11 is 0. The first kappa shape index (κ1) is 16.3. The van der Waals surface area contributed by atoms with Crippen molar-refractivity contribution in [1.82, 2.24) is 0 Å². The quantitative estimate of drug-likeness (QED) is 0.692. The first-order valence-corrected chi connectivity index (χ1v) is 11.5. The van der Waals surface area contributed by atoms with E-state index in [1.165, 1.54) is 6.92 Å². The molecule has 0 fully saturated rings. The van der Waals surface area contributed by atoms with Gasteiger partial charge in [0.15, 0.2) is 8.32 Å². The van der Waals surface area contributed by atoms with Crippen molar-refractivity contribution in [2.24, 2.45) is 0 Å². The summed E-state index contributed by atoms with van der Waals surface area (Å²) in [5.41, 5.74) is 0. The molecule has 3 nitrogen and oxygen atoms in total. The van der Waals surface area contributed by atoms with Crippen molar-refractivity contribution in [3.63, 3.8) is 0 Å². The maximum absolute atomic E-state index is 10.3. The van der Waals surface area contributed by atoms with Gasteiger partial charge in [0.2, 0.25) is 8.32 Å². The standard InChI is InChI=1S/C5H12O2Si.C4H12OSi/c1-5(6)7-8(2,3)4;1-5-6(2,3)4/h1-4H3;1-4H3. The fourth-order valence-electron chi connectivity index (χ4n) is 0.431. The van der Waals surface area contributed by atoms with Crippen LogP contribution in [0, 0.1) is 0 Å². The molecule has 0 saturated heterocycles. The van der Waals surface area contributed by atoms with Crippen LogP contribution < -0.4 is 0 Å². The van der Waals surface area contributed by atoms with Gasteiger partial charge in [0, 0.05) is 14.0 Å². The van der Waals surface area contributed by atoms with Gasteiger partial charge in [-0.15, -0.1) is 0 Å². The molecule has 0 bridgehead atoms. The number of carbonyl (C=O) groups excluding carboxylic acids is 1. The van der Waals surface area contributed by atoms with Crippen LogP contribution in [0.25, 0.3) is 0 Å². The van der Waals surface area contributed by atoms with Gasteiger partial charge in [-0.05, 0) is 39.3 Å². The Morgan fingerprint density at radius 3 is 1.21 bits per heavy atom. The predicted molar refractivity (Wildman–Crippen MR) is 65.5 cm³/mol. The second kappa shape index (κ2) is 6.37. The minimum atomic E-state index is -1.57. The van der Waals surface area contributed by atoms with Crippen molar-refractivity contribution in [2.45, 2.75) is 46.2 Å². The summed E-state index contributed by atoms with van der Waals surface area (Å²) in [6.07, 6.45) is 0. The Morgan fingerprint density at radius 2 is 1.21 bits per heavy atom. The first-order chi connectivity index (χ1) is 5.98. The van der Waals surface area contributed by atoms with Crippen LogP contribution >= 0.6 is 0 Å². The zero-order valence-corrected chi connectivity index (χ0v) is 12.7. The fourth-order valence-corrected chi connectivity index (χ4v) is 1.29. The Hall–Kier alpha value is -0.136. The largest absolute Gasteiger partial charge is 0.520 e. The summed E-state index contributed by atoms with van der Waals surface area (Å²) in [5, 5.41) is 0. The van der Waals surface area contributed by atoms with Crippen molar-refractivity contribution >= 4 is 22.6 Å². The smallest absolute Gasteiger partial charge is 0.289 e. The molecule has 0 spiro atoms. The van der Waals surface area contributed by atoms with Crippen molar-refractivity contribution < 1.29 is 13.6 Å².